The van der Waals surface area contributed by atoms with Crippen molar-refractivity contribution in [3.8, 4) is 0 Å². The van der Waals surface area contributed by atoms with Gasteiger partial charge in [0.15, 0.2) is 0 Å². The Balaban J connectivity index is 1.86. The van der Waals surface area contributed by atoms with E-state index in [1.165, 1.54) is 0 Å². The summed E-state index contributed by atoms with van der Waals surface area (Å²) in [4.78, 5) is 26.3. The van der Waals surface area contributed by atoms with Crippen molar-refractivity contribution in [3.63, 3.8) is 0 Å². The van der Waals surface area contributed by atoms with Gasteiger partial charge in [-0.2, -0.15) is 0 Å². The molecule has 1 aliphatic rings. The van der Waals surface area contributed by atoms with Gasteiger partial charge in [0.1, 0.15) is 11.9 Å². The van der Waals surface area contributed by atoms with Gasteiger partial charge in [-0.1, -0.05) is 13.0 Å². The predicted octanol–water partition coefficient (Wildman–Crippen LogP) is 2.39. The second-order valence-corrected chi connectivity index (χ2v) is 6.65. The summed E-state index contributed by atoms with van der Waals surface area (Å²) in [5, 5.41) is 0. The van der Waals surface area contributed by atoms with Crippen molar-refractivity contribution in [2.45, 2.75) is 38.8 Å². The Hall–Kier alpha value is -2.21. The maximum absolute atomic E-state index is 13.5. The Bertz CT molecular complexity index is 678. The van der Waals surface area contributed by atoms with Gasteiger partial charge in [-0.05, 0) is 44.0 Å². The molecule has 2 aromatic heterocycles. The number of hydrogen-bond acceptors (Lipinski definition) is 4. The molecule has 1 amide bonds. The summed E-state index contributed by atoms with van der Waals surface area (Å²) in [5.74, 6) is 1.06. The highest BCUT2D eigenvalue weighted by Crippen LogP contribution is 2.27. The molecule has 1 atom stereocenters. The van der Waals surface area contributed by atoms with Crippen LogP contribution < -0.4 is 0 Å². The second kappa shape index (κ2) is 8.25. The quantitative estimate of drug-likeness (QED) is 0.776. The topological polar surface area (TPSA) is 54.3 Å². The lowest BCUT2D eigenvalue weighted by Gasteiger charge is -2.32. The number of amides is 1. The second-order valence-electron chi connectivity index (χ2n) is 6.65. The molecular formula is C19H27N5O. The number of rotatable bonds is 7. The first-order valence-corrected chi connectivity index (χ1v) is 9.09. The van der Waals surface area contributed by atoms with Crippen LogP contribution >= 0.6 is 0 Å². The molecule has 1 saturated heterocycles. The van der Waals surface area contributed by atoms with Gasteiger partial charge in [0.2, 0.25) is 5.91 Å². The van der Waals surface area contributed by atoms with Gasteiger partial charge in [0.05, 0.1) is 6.54 Å². The van der Waals surface area contributed by atoms with Crippen LogP contribution in [-0.2, 0) is 18.4 Å². The molecule has 25 heavy (non-hydrogen) atoms. The maximum Gasteiger partial charge on any atom is 0.244 e. The zero-order valence-electron chi connectivity index (χ0n) is 15.1. The van der Waals surface area contributed by atoms with Crippen LogP contribution in [-0.4, -0.2) is 49.9 Å². The number of aryl methyl sites for hydroxylation is 1. The molecule has 3 heterocycles. The molecule has 1 aliphatic heterocycles. The van der Waals surface area contributed by atoms with Crippen molar-refractivity contribution < 1.29 is 4.79 Å². The summed E-state index contributed by atoms with van der Waals surface area (Å²) in [7, 11) is 1.97. The van der Waals surface area contributed by atoms with E-state index in [2.05, 4.69) is 21.8 Å². The van der Waals surface area contributed by atoms with Gasteiger partial charge in [-0.15, -0.1) is 0 Å². The van der Waals surface area contributed by atoms with E-state index in [0.29, 0.717) is 6.54 Å². The van der Waals surface area contributed by atoms with E-state index >= 15 is 0 Å². The first kappa shape index (κ1) is 17.6. The van der Waals surface area contributed by atoms with Crippen molar-refractivity contribution in [3.05, 3.63) is 48.3 Å². The first-order chi connectivity index (χ1) is 12.2. The summed E-state index contributed by atoms with van der Waals surface area (Å²) in [6.07, 6.45) is 10.5. The van der Waals surface area contributed by atoms with E-state index in [1.807, 2.05) is 41.0 Å². The van der Waals surface area contributed by atoms with Gasteiger partial charge in [0.25, 0.3) is 0 Å². The third-order valence-electron chi connectivity index (χ3n) is 4.80. The third-order valence-corrected chi connectivity index (χ3v) is 4.80. The molecule has 0 radical (unpaired) electrons. The van der Waals surface area contributed by atoms with E-state index in [0.717, 1.165) is 50.3 Å². The number of pyridine rings is 1. The third kappa shape index (κ3) is 4.07. The zero-order valence-corrected chi connectivity index (χ0v) is 15.1. The fraction of sp³-hybridized carbons (Fsp3) is 0.526. The number of imidazole rings is 1. The molecule has 1 fully saturated rings. The van der Waals surface area contributed by atoms with Crippen molar-refractivity contribution in [1.82, 2.24) is 24.3 Å². The molecule has 0 aromatic carbocycles. The van der Waals surface area contributed by atoms with E-state index in [9.17, 15) is 4.79 Å². The average Bonchev–Trinajstić information content (AvgIpc) is 3.28. The number of carbonyl (C=O) groups is 1. The lowest BCUT2D eigenvalue weighted by atomic mass is 10.1. The highest BCUT2D eigenvalue weighted by Gasteiger charge is 2.33. The van der Waals surface area contributed by atoms with Crippen LogP contribution in [0.3, 0.4) is 0 Å². The Kier molecular flexibility index (Phi) is 5.81. The minimum absolute atomic E-state index is 0.153. The van der Waals surface area contributed by atoms with Gasteiger partial charge >= 0.3 is 0 Å². The monoisotopic (exact) mass is 341 g/mol. The summed E-state index contributed by atoms with van der Waals surface area (Å²) < 4.78 is 1.98. The maximum atomic E-state index is 13.5. The minimum atomic E-state index is -0.247. The first-order valence-electron chi connectivity index (χ1n) is 9.09. The van der Waals surface area contributed by atoms with Gasteiger partial charge < -0.3 is 9.47 Å². The summed E-state index contributed by atoms with van der Waals surface area (Å²) in [6.45, 7) is 5.31. The minimum Gasteiger partial charge on any atom is -0.337 e. The molecule has 0 saturated carbocycles. The lowest BCUT2D eigenvalue weighted by Crippen LogP contribution is -2.42. The van der Waals surface area contributed by atoms with Crippen molar-refractivity contribution in [2.24, 2.45) is 7.05 Å². The van der Waals surface area contributed by atoms with Crippen LogP contribution in [0, 0.1) is 0 Å². The SMILES string of the molecule is CCCN(Cc1nccn1C)C(=O)C(c1cccnc1)N1CCCC1. The number of hydrogen-bond donors (Lipinski definition) is 0. The van der Waals surface area contributed by atoms with Gasteiger partial charge in [0, 0.05) is 38.4 Å². The number of aromatic nitrogens is 3. The molecule has 0 bridgehead atoms. The van der Waals surface area contributed by atoms with Crippen LogP contribution in [0.5, 0.6) is 0 Å². The predicted molar refractivity (Wildman–Crippen MR) is 96.7 cm³/mol. The fourth-order valence-corrected chi connectivity index (χ4v) is 3.48. The molecule has 6 nitrogen and oxygen atoms in total. The van der Waals surface area contributed by atoms with Gasteiger partial charge in [-0.3, -0.25) is 14.7 Å². The largest absolute Gasteiger partial charge is 0.337 e. The van der Waals surface area contributed by atoms with Crippen LogP contribution in [0.15, 0.2) is 36.9 Å². The summed E-state index contributed by atoms with van der Waals surface area (Å²) in [6, 6.07) is 3.68. The molecule has 1 unspecified atom stereocenters. The Morgan fingerprint density at radius 1 is 1.32 bits per heavy atom. The number of nitrogens with zero attached hydrogens (tertiary/aromatic N) is 5. The number of likely N-dealkylation sites (tertiary alicyclic amines) is 1. The summed E-state index contributed by atoms with van der Waals surface area (Å²) in [5.41, 5.74) is 0.982. The average molecular weight is 341 g/mol. The van der Waals surface area contributed by atoms with E-state index in [-0.39, 0.29) is 11.9 Å². The van der Waals surface area contributed by atoms with Crippen LogP contribution in [0.25, 0.3) is 0 Å². The van der Waals surface area contributed by atoms with E-state index in [4.69, 9.17) is 0 Å². The Morgan fingerprint density at radius 2 is 2.12 bits per heavy atom. The molecule has 2 aromatic rings. The normalized spacial score (nSPS) is 16.1. The van der Waals surface area contributed by atoms with Gasteiger partial charge in [-0.25, -0.2) is 4.98 Å². The number of carbonyl (C=O) groups excluding carboxylic acids is 1. The summed E-state index contributed by atoms with van der Waals surface area (Å²) >= 11 is 0. The fourth-order valence-electron chi connectivity index (χ4n) is 3.48. The zero-order chi connectivity index (χ0) is 17.6. The van der Waals surface area contributed by atoms with E-state index < -0.39 is 0 Å². The molecule has 6 heteroatoms. The highest BCUT2D eigenvalue weighted by atomic mass is 16.2. The molecular weight excluding hydrogens is 314 g/mol. The molecule has 134 valence electrons. The van der Waals surface area contributed by atoms with Crippen molar-refractivity contribution in [1.29, 1.82) is 0 Å². The highest BCUT2D eigenvalue weighted by molar-refractivity contribution is 5.83. The van der Waals surface area contributed by atoms with E-state index in [1.54, 1.807) is 12.4 Å². The standard InChI is InChI=1S/C19H27N5O/c1-3-10-24(15-17-21-9-13-22(17)2)19(25)18(23-11-4-5-12-23)16-7-6-8-20-14-16/h6-9,13-14,18H,3-5,10-12,15H2,1-2H3. The molecule has 0 N–H and O–H groups in total. The Morgan fingerprint density at radius 3 is 2.72 bits per heavy atom. The van der Waals surface area contributed by atoms with Crippen LogP contribution in [0.4, 0.5) is 0 Å². The van der Waals surface area contributed by atoms with Crippen molar-refractivity contribution in [2.75, 3.05) is 19.6 Å². The molecule has 0 aliphatic carbocycles. The van der Waals surface area contributed by atoms with Crippen molar-refractivity contribution >= 4 is 5.91 Å². The Labute approximate surface area is 149 Å². The smallest absolute Gasteiger partial charge is 0.244 e. The van der Waals surface area contributed by atoms with Crippen LogP contribution in [0.1, 0.15) is 43.6 Å². The lowest BCUT2D eigenvalue weighted by molar-refractivity contribution is -0.137. The molecule has 3 rings (SSSR count). The van der Waals surface area contributed by atoms with Crippen LogP contribution in [0.2, 0.25) is 0 Å². The molecule has 0 spiro atoms.